The predicted octanol–water partition coefficient (Wildman–Crippen LogP) is 4.47. The first-order valence-electron chi connectivity index (χ1n) is 11.5. The maximum absolute atomic E-state index is 13.8. The number of rotatable bonds is 3. The van der Waals surface area contributed by atoms with Crippen LogP contribution in [0.25, 0.3) is 0 Å². The molecular formula is C25H34N2O2. The van der Waals surface area contributed by atoms with E-state index in [1.54, 1.807) is 4.90 Å². The number of carbonyl (C=O) groups excluding carboxylic acids is 2. The molecule has 1 atom stereocenters. The Balaban J connectivity index is 1.37. The van der Waals surface area contributed by atoms with Crippen LogP contribution in [0.2, 0.25) is 0 Å². The van der Waals surface area contributed by atoms with E-state index in [4.69, 9.17) is 0 Å². The fraction of sp³-hybridized carbons (Fsp3) is 0.680. The number of hydrogen-bond acceptors (Lipinski definition) is 2. The summed E-state index contributed by atoms with van der Waals surface area (Å²) in [6.07, 6.45) is 8.97. The summed E-state index contributed by atoms with van der Waals surface area (Å²) in [6, 6.07) is 5.91. The lowest BCUT2D eigenvalue weighted by Gasteiger charge is -2.56. The molecule has 5 fully saturated rings. The van der Waals surface area contributed by atoms with E-state index in [9.17, 15) is 9.59 Å². The van der Waals surface area contributed by atoms with Crippen molar-refractivity contribution in [2.75, 3.05) is 18.5 Å². The number of amides is 2. The Bertz CT molecular complexity index is 810. The molecule has 6 rings (SSSR count). The van der Waals surface area contributed by atoms with Crippen molar-refractivity contribution in [1.29, 1.82) is 0 Å². The molecule has 4 heteroatoms. The maximum Gasteiger partial charge on any atom is 0.249 e. The minimum atomic E-state index is -0.291. The molecule has 1 saturated heterocycles. The fourth-order valence-corrected chi connectivity index (χ4v) is 7.47. The highest BCUT2D eigenvalue weighted by Gasteiger charge is 2.57. The molecule has 4 saturated carbocycles. The van der Waals surface area contributed by atoms with Gasteiger partial charge in [-0.3, -0.25) is 9.59 Å². The van der Waals surface area contributed by atoms with Crippen molar-refractivity contribution in [3.05, 3.63) is 29.3 Å². The Morgan fingerprint density at radius 1 is 1.03 bits per heavy atom. The summed E-state index contributed by atoms with van der Waals surface area (Å²) in [7, 11) is 1.87. The van der Waals surface area contributed by atoms with E-state index in [0.717, 1.165) is 67.7 Å². The van der Waals surface area contributed by atoms with Crippen LogP contribution in [-0.2, 0) is 9.59 Å². The molecule has 1 unspecified atom stereocenters. The van der Waals surface area contributed by atoms with Crippen LogP contribution in [0.15, 0.2) is 18.2 Å². The van der Waals surface area contributed by atoms with E-state index in [-0.39, 0.29) is 17.4 Å². The number of anilines is 1. The van der Waals surface area contributed by atoms with Crippen LogP contribution in [0.4, 0.5) is 5.69 Å². The number of aryl methyl sites for hydroxylation is 2. The molecule has 4 aliphatic carbocycles. The number of nitrogens with zero attached hydrogens (tertiary/aromatic N) is 2. The average molecular weight is 395 g/mol. The van der Waals surface area contributed by atoms with Crippen LogP contribution in [-0.4, -0.2) is 36.3 Å². The van der Waals surface area contributed by atoms with Crippen LogP contribution >= 0.6 is 0 Å². The van der Waals surface area contributed by atoms with Gasteiger partial charge in [-0.15, -0.1) is 0 Å². The van der Waals surface area contributed by atoms with E-state index >= 15 is 0 Å². The summed E-state index contributed by atoms with van der Waals surface area (Å²) in [5.74, 6) is 2.63. The highest BCUT2D eigenvalue weighted by atomic mass is 16.2. The first-order valence-corrected chi connectivity index (χ1v) is 11.5. The van der Waals surface area contributed by atoms with Crippen LogP contribution in [0.1, 0.15) is 62.5 Å². The lowest BCUT2D eigenvalue weighted by atomic mass is 9.49. The van der Waals surface area contributed by atoms with Crippen molar-refractivity contribution in [2.24, 2.45) is 23.2 Å². The molecular weight excluding hydrogens is 360 g/mol. The quantitative estimate of drug-likeness (QED) is 0.759. The van der Waals surface area contributed by atoms with Crippen molar-refractivity contribution in [3.8, 4) is 0 Å². The molecule has 156 valence electrons. The van der Waals surface area contributed by atoms with Crippen LogP contribution in [0.3, 0.4) is 0 Å². The zero-order chi connectivity index (χ0) is 20.3. The molecule has 0 aromatic heterocycles. The Hall–Kier alpha value is -1.84. The summed E-state index contributed by atoms with van der Waals surface area (Å²) in [4.78, 5) is 31.1. The number of hydrogen-bond donors (Lipinski definition) is 0. The summed E-state index contributed by atoms with van der Waals surface area (Å²) in [5.41, 5.74) is 3.11. The molecule has 29 heavy (non-hydrogen) atoms. The summed E-state index contributed by atoms with van der Waals surface area (Å²) < 4.78 is 0. The highest BCUT2D eigenvalue weighted by Crippen LogP contribution is 2.60. The third-order valence-corrected chi connectivity index (χ3v) is 8.33. The van der Waals surface area contributed by atoms with Crippen molar-refractivity contribution in [3.63, 3.8) is 0 Å². The Kier molecular flexibility index (Phi) is 4.52. The molecule has 0 radical (unpaired) electrons. The van der Waals surface area contributed by atoms with Gasteiger partial charge in [0, 0.05) is 19.3 Å². The summed E-state index contributed by atoms with van der Waals surface area (Å²) in [5, 5.41) is 0. The van der Waals surface area contributed by atoms with Crippen molar-refractivity contribution in [1.82, 2.24) is 4.90 Å². The zero-order valence-corrected chi connectivity index (χ0v) is 18.1. The lowest BCUT2D eigenvalue weighted by Crippen LogP contribution is -2.57. The van der Waals surface area contributed by atoms with Crippen LogP contribution in [0.5, 0.6) is 0 Å². The molecule has 1 aliphatic heterocycles. The smallest absolute Gasteiger partial charge is 0.249 e. The molecule has 4 bridgehead atoms. The number of benzene rings is 1. The molecule has 1 aromatic carbocycles. The van der Waals surface area contributed by atoms with Crippen molar-refractivity contribution < 1.29 is 9.59 Å². The number of likely N-dealkylation sites (N-methyl/N-ethyl adjacent to an activating group) is 1. The zero-order valence-electron chi connectivity index (χ0n) is 18.1. The van der Waals surface area contributed by atoms with Gasteiger partial charge in [-0.1, -0.05) is 17.7 Å². The second-order valence-electron chi connectivity index (χ2n) is 10.5. The Morgan fingerprint density at radius 2 is 1.66 bits per heavy atom. The molecule has 1 aromatic rings. The van der Waals surface area contributed by atoms with E-state index in [2.05, 4.69) is 26.0 Å². The largest absolute Gasteiger partial charge is 0.330 e. The van der Waals surface area contributed by atoms with E-state index in [1.165, 1.54) is 24.8 Å². The summed E-state index contributed by atoms with van der Waals surface area (Å²) in [6.45, 7) is 4.87. The van der Waals surface area contributed by atoms with Crippen molar-refractivity contribution in [2.45, 2.75) is 71.3 Å². The number of likely N-dealkylation sites (tertiary alicyclic amines) is 1. The maximum atomic E-state index is 13.8. The SMILES string of the molecule is Cc1ccc(N(C)C(=O)C2CCCN2C(=O)C23CC4CC(CC(C4)C2)C3)c(C)c1. The number of carbonyl (C=O) groups is 2. The van der Waals surface area contributed by atoms with Gasteiger partial charge in [0.05, 0.1) is 5.41 Å². The van der Waals surface area contributed by atoms with Crippen LogP contribution in [0, 0.1) is 37.0 Å². The predicted molar refractivity (Wildman–Crippen MR) is 115 cm³/mol. The summed E-state index contributed by atoms with van der Waals surface area (Å²) >= 11 is 0. The third-order valence-electron chi connectivity index (χ3n) is 8.33. The van der Waals surface area contributed by atoms with Gasteiger partial charge in [0.2, 0.25) is 11.8 Å². The minimum absolute atomic E-state index is 0.0764. The highest BCUT2D eigenvalue weighted by molar-refractivity contribution is 6.00. The normalized spacial score (nSPS) is 35.2. The van der Waals surface area contributed by atoms with E-state index in [1.807, 2.05) is 18.0 Å². The van der Waals surface area contributed by atoms with Gasteiger partial charge in [0.1, 0.15) is 6.04 Å². The van der Waals surface area contributed by atoms with Gasteiger partial charge < -0.3 is 9.80 Å². The average Bonchev–Trinajstić information content (AvgIpc) is 3.15. The molecule has 4 nitrogen and oxygen atoms in total. The molecule has 1 heterocycles. The standard InChI is InChI=1S/C25H34N2O2/c1-16-6-7-21(17(2)9-16)26(3)23(28)22-5-4-8-27(22)24(29)25-13-18-10-19(14-25)12-20(11-18)15-25/h6-7,9,18-20,22H,4-5,8,10-15H2,1-3H3. The monoisotopic (exact) mass is 394 g/mol. The molecule has 0 spiro atoms. The minimum Gasteiger partial charge on any atom is -0.330 e. The fourth-order valence-electron chi connectivity index (χ4n) is 7.47. The van der Waals surface area contributed by atoms with Gasteiger partial charge in [0.15, 0.2) is 0 Å². The van der Waals surface area contributed by atoms with Gasteiger partial charge >= 0.3 is 0 Å². The van der Waals surface area contributed by atoms with E-state index in [0.29, 0.717) is 5.91 Å². The second-order valence-corrected chi connectivity index (χ2v) is 10.5. The molecule has 0 N–H and O–H groups in total. The first kappa shape index (κ1) is 19.1. The van der Waals surface area contributed by atoms with E-state index < -0.39 is 0 Å². The van der Waals surface area contributed by atoms with Crippen LogP contribution < -0.4 is 4.90 Å². The van der Waals surface area contributed by atoms with Gasteiger partial charge in [-0.25, -0.2) is 0 Å². The topological polar surface area (TPSA) is 40.6 Å². The van der Waals surface area contributed by atoms with Gasteiger partial charge in [-0.2, -0.15) is 0 Å². The van der Waals surface area contributed by atoms with Crippen molar-refractivity contribution >= 4 is 17.5 Å². The Labute approximate surface area is 174 Å². The third kappa shape index (κ3) is 3.10. The van der Waals surface area contributed by atoms with Gasteiger partial charge in [-0.05, 0) is 94.6 Å². The molecule has 2 amide bonds. The molecule has 5 aliphatic rings. The second kappa shape index (κ2) is 6.85. The van der Waals surface area contributed by atoms with Gasteiger partial charge in [0.25, 0.3) is 0 Å². The Morgan fingerprint density at radius 3 is 2.24 bits per heavy atom. The first-order chi connectivity index (χ1) is 13.9. The lowest BCUT2D eigenvalue weighted by molar-refractivity contribution is -0.160.